The third kappa shape index (κ3) is 5.62. The molecule has 2 aromatic carbocycles. The average Bonchev–Trinajstić information content (AvgIpc) is 2.79. The maximum atomic E-state index is 13.1. The largest absolute Gasteiger partial charge is 0.368 e. The summed E-state index contributed by atoms with van der Waals surface area (Å²) in [5, 5.41) is 0. The van der Waals surface area contributed by atoms with Crippen LogP contribution >= 0.6 is 0 Å². The minimum absolute atomic E-state index is 0.0959. The van der Waals surface area contributed by atoms with Gasteiger partial charge in [0.1, 0.15) is 5.82 Å². The molecule has 0 aliphatic carbocycles. The zero-order chi connectivity index (χ0) is 22.4. The van der Waals surface area contributed by atoms with Crippen LogP contribution < -0.4 is 4.90 Å². The molecule has 0 bridgehead atoms. The number of hydrogen-bond acceptors (Lipinski definition) is 4. The van der Waals surface area contributed by atoms with Crippen molar-refractivity contribution >= 4 is 21.6 Å². The number of hydrogen-bond donors (Lipinski definition) is 0. The van der Waals surface area contributed by atoms with Crippen molar-refractivity contribution in [2.24, 2.45) is 0 Å². The van der Waals surface area contributed by atoms with Crippen LogP contribution in [0.15, 0.2) is 53.4 Å². The van der Waals surface area contributed by atoms with Crippen LogP contribution in [0.5, 0.6) is 0 Å². The van der Waals surface area contributed by atoms with Crippen LogP contribution in [0.3, 0.4) is 0 Å². The molecule has 0 spiro atoms. The minimum atomic E-state index is -3.46. The Kier molecular flexibility index (Phi) is 7.67. The minimum Gasteiger partial charge on any atom is -0.368 e. The number of piperazine rings is 1. The molecule has 1 aliphatic rings. The molecule has 31 heavy (non-hydrogen) atoms. The molecule has 0 N–H and O–H groups in total. The van der Waals surface area contributed by atoms with E-state index >= 15 is 0 Å². The van der Waals surface area contributed by atoms with Gasteiger partial charge in [-0.25, -0.2) is 12.8 Å². The molecule has 1 heterocycles. The van der Waals surface area contributed by atoms with Crippen molar-refractivity contribution in [3.63, 3.8) is 0 Å². The molecule has 0 aromatic heterocycles. The summed E-state index contributed by atoms with van der Waals surface area (Å²) >= 11 is 0. The maximum absolute atomic E-state index is 13.1. The van der Waals surface area contributed by atoms with Crippen molar-refractivity contribution in [3.05, 3.63) is 59.9 Å². The summed E-state index contributed by atoms with van der Waals surface area (Å²) in [6.07, 6.45) is 0.960. The highest BCUT2D eigenvalue weighted by Gasteiger charge is 2.22. The first-order chi connectivity index (χ1) is 14.8. The zero-order valence-electron chi connectivity index (χ0n) is 18.1. The lowest BCUT2D eigenvalue weighted by atomic mass is 10.1. The second kappa shape index (κ2) is 10.2. The van der Waals surface area contributed by atoms with Crippen LogP contribution in [-0.2, 0) is 21.2 Å². The van der Waals surface area contributed by atoms with Gasteiger partial charge in [0.15, 0.2) is 0 Å². The van der Waals surface area contributed by atoms with Gasteiger partial charge in [0.05, 0.1) is 4.90 Å². The van der Waals surface area contributed by atoms with Crippen molar-refractivity contribution in [1.82, 2.24) is 9.21 Å². The molecule has 3 rings (SSSR count). The summed E-state index contributed by atoms with van der Waals surface area (Å²) in [7, 11) is -3.46. The molecule has 1 aliphatic heterocycles. The van der Waals surface area contributed by atoms with E-state index in [2.05, 4.69) is 4.90 Å². The molecular weight excluding hydrogens is 417 g/mol. The number of sulfonamides is 1. The molecule has 0 atom stereocenters. The standard InChI is InChI=1S/C23H30FN3O3S/c1-3-27(4-2)31(29,30)22-12-5-19(6-13-22)7-14-23(28)26-17-15-25(16-18-26)21-10-8-20(24)9-11-21/h5-6,8-13H,3-4,7,14-18H2,1-2H3. The third-order valence-electron chi connectivity index (χ3n) is 5.72. The van der Waals surface area contributed by atoms with Crippen LogP contribution in [0.1, 0.15) is 25.8 Å². The van der Waals surface area contributed by atoms with E-state index in [1.165, 1.54) is 16.4 Å². The van der Waals surface area contributed by atoms with Gasteiger partial charge in [-0.05, 0) is 48.4 Å². The molecule has 1 saturated heterocycles. The van der Waals surface area contributed by atoms with Crippen LogP contribution in [0.4, 0.5) is 10.1 Å². The SMILES string of the molecule is CCN(CC)S(=O)(=O)c1ccc(CCC(=O)N2CCN(c3ccc(F)cc3)CC2)cc1. The maximum Gasteiger partial charge on any atom is 0.243 e. The number of anilines is 1. The van der Waals surface area contributed by atoms with E-state index in [1.807, 2.05) is 18.7 Å². The summed E-state index contributed by atoms with van der Waals surface area (Å²) in [6, 6.07) is 13.2. The highest BCUT2D eigenvalue weighted by Crippen LogP contribution is 2.19. The Hall–Kier alpha value is -2.45. The molecular formula is C23H30FN3O3S. The van der Waals surface area contributed by atoms with E-state index in [0.29, 0.717) is 39.0 Å². The summed E-state index contributed by atoms with van der Waals surface area (Å²) < 4.78 is 39.7. The second-order valence-corrected chi connectivity index (χ2v) is 9.52. The smallest absolute Gasteiger partial charge is 0.243 e. The fraction of sp³-hybridized carbons (Fsp3) is 0.435. The summed E-state index contributed by atoms with van der Waals surface area (Å²) in [4.78, 5) is 16.9. The molecule has 2 aromatic rings. The van der Waals surface area contributed by atoms with Crippen molar-refractivity contribution in [2.75, 3.05) is 44.2 Å². The Labute approximate surface area is 184 Å². The van der Waals surface area contributed by atoms with Gasteiger partial charge in [-0.3, -0.25) is 4.79 Å². The molecule has 0 radical (unpaired) electrons. The summed E-state index contributed by atoms with van der Waals surface area (Å²) in [6.45, 7) is 7.22. The van der Waals surface area contributed by atoms with Gasteiger partial charge >= 0.3 is 0 Å². The lowest BCUT2D eigenvalue weighted by molar-refractivity contribution is -0.131. The Morgan fingerprint density at radius 2 is 1.52 bits per heavy atom. The van der Waals surface area contributed by atoms with Crippen molar-refractivity contribution in [2.45, 2.75) is 31.6 Å². The van der Waals surface area contributed by atoms with Gasteiger partial charge in [0.2, 0.25) is 15.9 Å². The molecule has 1 fully saturated rings. The van der Waals surface area contributed by atoms with Gasteiger partial charge in [-0.1, -0.05) is 26.0 Å². The average molecular weight is 448 g/mol. The molecule has 8 heteroatoms. The van der Waals surface area contributed by atoms with E-state index in [-0.39, 0.29) is 16.6 Å². The molecule has 168 valence electrons. The molecule has 6 nitrogen and oxygen atoms in total. The van der Waals surface area contributed by atoms with Crippen LogP contribution in [0, 0.1) is 5.82 Å². The fourth-order valence-corrected chi connectivity index (χ4v) is 5.27. The Morgan fingerprint density at radius 3 is 2.06 bits per heavy atom. The number of halogens is 1. The van der Waals surface area contributed by atoms with E-state index < -0.39 is 10.0 Å². The van der Waals surface area contributed by atoms with Gasteiger partial charge in [0, 0.05) is 51.4 Å². The first kappa shape index (κ1) is 23.2. The van der Waals surface area contributed by atoms with Gasteiger partial charge in [-0.15, -0.1) is 0 Å². The third-order valence-corrected chi connectivity index (χ3v) is 7.78. The number of carbonyl (C=O) groups is 1. The van der Waals surface area contributed by atoms with Gasteiger partial charge in [-0.2, -0.15) is 4.31 Å². The van der Waals surface area contributed by atoms with Crippen LogP contribution in [0.25, 0.3) is 0 Å². The molecule has 0 unspecified atom stereocenters. The van der Waals surface area contributed by atoms with E-state index in [9.17, 15) is 17.6 Å². The number of benzene rings is 2. The van der Waals surface area contributed by atoms with Crippen LogP contribution in [0.2, 0.25) is 0 Å². The predicted octanol–water partition coefficient (Wildman–Crippen LogP) is 3.14. The number of amides is 1. The zero-order valence-corrected chi connectivity index (χ0v) is 18.9. The van der Waals surface area contributed by atoms with Crippen molar-refractivity contribution in [1.29, 1.82) is 0 Å². The Morgan fingerprint density at radius 1 is 0.935 bits per heavy atom. The number of carbonyl (C=O) groups excluding carboxylic acids is 1. The van der Waals surface area contributed by atoms with E-state index in [1.54, 1.807) is 36.4 Å². The normalized spacial score (nSPS) is 14.8. The quantitative estimate of drug-likeness (QED) is 0.624. The lowest BCUT2D eigenvalue weighted by Crippen LogP contribution is -2.48. The first-order valence-corrected chi connectivity index (χ1v) is 12.2. The first-order valence-electron chi connectivity index (χ1n) is 10.7. The molecule has 1 amide bonds. The van der Waals surface area contributed by atoms with E-state index in [4.69, 9.17) is 0 Å². The highest BCUT2D eigenvalue weighted by atomic mass is 32.2. The second-order valence-electron chi connectivity index (χ2n) is 7.58. The highest BCUT2D eigenvalue weighted by molar-refractivity contribution is 7.89. The number of rotatable bonds is 8. The Balaban J connectivity index is 1.50. The lowest BCUT2D eigenvalue weighted by Gasteiger charge is -2.36. The van der Waals surface area contributed by atoms with Crippen molar-refractivity contribution in [3.8, 4) is 0 Å². The number of nitrogens with zero attached hydrogens (tertiary/aromatic N) is 3. The number of aryl methyl sites for hydroxylation is 1. The van der Waals surface area contributed by atoms with Gasteiger partial charge < -0.3 is 9.80 Å². The van der Waals surface area contributed by atoms with Crippen LogP contribution in [-0.4, -0.2) is 62.8 Å². The molecule has 0 saturated carbocycles. The monoisotopic (exact) mass is 447 g/mol. The Bertz CT molecular complexity index is 966. The van der Waals surface area contributed by atoms with Gasteiger partial charge in [0.25, 0.3) is 0 Å². The summed E-state index contributed by atoms with van der Waals surface area (Å²) in [5.74, 6) is -0.158. The van der Waals surface area contributed by atoms with E-state index in [0.717, 1.165) is 24.3 Å². The topological polar surface area (TPSA) is 60.9 Å². The summed E-state index contributed by atoms with van der Waals surface area (Å²) in [5.41, 5.74) is 1.91. The van der Waals surface area contributed by atoms with Crippen molar-refractivity contribution < 1.29 is 17.6 Å². The predicted molar refractivity (Wildman–Crippen MR) is 120 cm³/mol. The fourth-order valence-electron chi connectivity index (χ4n) is 3.82.